The molecule has 33 heavy (non-hydrogen) atoms. The number of carbonyl (C=O) groups is 2. The maximum atomic E-state index is 14.3. The molecular weight excluding hydrogens is 446 g/mol. The third kappa shape index (κ3) is 4.19. The third-order valence-corrected chi connectivity index (χ3v) is 5.85. The van der Waals surface area contributed by atoms with Gasteiger partial charge in [-0.15, -0.1) is 0 Å². The fourth-order valence-electron chi connectivity index (χ4n) is 3.93. The quantitative estimate of drug-likeness (QED) is 0.611. The van der Waals surface area contributed by atoms with Gasteiger partial charge in [0.15, 0.2) is 11.4 Å². The number of pyridine rings is 1. The van der Waals surface area contributed by atoms with Crippen molar-refractivity contribution in [3.8, 4) is 5.75 Å². The van der Waals surface area contributed by atoms with Crippen LogP contribution < -0.4 is 10.7 Å². The highest BCUT2D eigenvalue weighted by molar-refractivity contribution is 5.99. The molecule has 2 amide bonds. The van der Waals surface area contributed by atoms with Crippen molar-refractivity contribution in [1.29, 1.82) is 0 Å². The molecule has 0 spiro atoms. The predicted octanol–water partition coefficient (Wildman–Crippen LogP) is 2.84. The van der Waals surface area contributed by atoms with E-state index in [4.69, 9.17) is 0 Å². The zero-order chi connectivity index (χ0) is 24.5. The van der Waals surface area contributed by atoms with E-state index >= 15 is 0 Å². The number of rotatable bonds is 7. The van der Waals surface area contributed by atoms with Crippen LogP contribution in [0.2, 0.25) is 0 Å². The summed E-state index contributed by atoms with van der Waals surface area (Å²) < 4.78 is 56.2. The summed E-state index contributed by atoms with van der Waals surface area (Å²) in [5.41, 5.74) is -4.21. The number of aromatic nitrogens is 1. The van der Waals surface area contributed by atoms with Crippen LogP contribution in [0.5, 0.6) is 5.75 Å². The van der Waals surface area contributed by atoms with Crippen molar-refractivity contribution < 1.29 is 32.3 Å². The Balaban J connectivity index is 2.04. The van der Waals surface area contributed by atoms with Crippen LogP contribution in [0, 0.1) is 17.5 Å². The van der Waals surface area contributed by atoms with Gasteiger partial charge in [0.25, 0.3) is 11.8 Å². The Hall–Kier alpha value is -3.37. The van der Waals surface area contributed by atoms with Crippen LogP contribution in [0.1, 0.15) is 53.1 Å². The number of nitrogens with one attached hydrogen (secondary N) is 1. The lowest BCUT2D eigenvalue weighted by Crippen LogP contribution is -2.56. The first-order valence-electron chi connectivity index (χ1n) is 10.4. The molecule has 1 atom stereocenters. The summed E-state index contributed by atoms with van der Waals surface area (Å²) >= 11 is 0. The van der Waals surface area contributed by atoms with Gasteiger partial charge in [-0.25, -0.2) is 17.6 Å². The van der Waals surface area contributed by atoms with Gasteiger partial charge in [0.05, 0.1) is 5.54 Å². The summed E-state index contributed by atoms with van der Waals surface area (Å²) in [6.45, 7) is 2.07. The molecule has 7 nitrogen and oxygen atoms in total. The molecule has 0 fully saturated rings. The predicted molar refractivity (Wildman–Crippen MR) is 110 cm³/mol. The minimum absolute atomic E-state index is 0.0327. The van der Waals surface area contributed by atoms with E-state index in [0.29, 0.717) is 18.6 Å². The minimum atomic E-state index is -1.33. The van der Waals surface area contributed by atoms with E-state index in [-0.39, 0.29) is 19.5 Å². The summed E-state index contributed by atoms with van der Waals surface area (Å²) in [6, 6.07) is 0.878. The molecule has 1 aromatic heterocycles. The Labute approximate surface area is 186 Å². The molecule has 3 rings (SSSR count). The Morgan fingerprint density at radius 3 is 2.36 bits per heavy atom. The largest absolute Gasteiger partial charge is 0.503 e. The van der Waals surface area contributed by atoms with Crippen LogP contribution in [0.25, 0.3) is 0 Å². The van der Waals surface area contributed by atoms with E-state index < -0.39 is 76.0 Å². The smallest absolute Gasteiger partial charge is 0.274 e. The lowest BCUT2D eigenvalue weighted by Gasteiger charge is -2.44. The molecule has 1 aliphatic rings. The highest BCUT2D eigenvalue weighted by Crippen LogP contribution is 2.33. The van der Waals surface area contributed by atoms with Crippen LogP contribution in [0.4, 0.5) is 17.6 Å². The molecule has 2 heterocycles. The molecule has 2 N–H and O–H groups in total. The number of amides is 2. The average Bonchev–Trinajstić information content (AvgIpc) is 2.77. The third-order valence-electron chi connectivity index (χ3n) is 5.85. The first-order valence-corrected chi connectivity index (χ1v) is 10.4. The molecule has 0 aliphatic carbocycles. The first-order chi connectivity index (χ1) is 15.6. The Morgan fingerprint density at radius 1 is 1.18 bits per heavy atom. The summed E-state index contributed by atoms with van der Waals surface area (Å²) in [7, 11) is 0. The van der Waals surface area contributed by atoms with Gasteiger partial charge >= 0.3 is 0 Å². The second-order valence-corrected chi connectivity index (χ2v) is 7.91. The van der Waals surface area contributed by atoms with Crippen molar-refractivity contribution in [1.82, 2.24) is 14.8 Å². The number of aromatic hydroxyl groups is 1. The number of nitrogens with zero attached hydrogens (tertiary/aromatic N) is 2. The summed E-state index contributed by atoms with van der Waals surface area (Å²) in [6.07, 6.45) is 1.73. The molecular formula is C22H23F4N3O4. The molecule has 0 unspecified atom stereocenters. The Morgan fingerprint density at radius 2 is 1.82 bits per heavy atom. The van der Waals surface area contributed by atoms with Crippen LogP contribution in [0.3, 0.4) is 0 Å². The second kappa shape index (κ2) is 9.24. The highest BCUT2D eigenvalue weighted by Gasteiger charge is 2.44. The number of fused-ring (bicyclic) bond motifs is 1. The van der Waals surface area contributed by atoms with E-state index in [1.807, 2.05) is 6.92 Å². The minimum Gasteiger partial charge on any atom is -0.503 e. The molecule has 1 aliphatic heterocycles. The molecule has 0 saturated carbocycles. The lowest BCUT2D eigenvalue weighted by atomic mass is 9.91. The van der Waals surface area contributed by atoms with Gasteiger partial charge in [-0.3, -0.25) is 14.4 Å². The van der Waals surface area contributed by atoms with E-state index in [9.17, 15) is 37.1 Å². The second-order valence-electron chi connectivity index (χ2n) is 7.91. The Kier molecular flexibility index (Phi) is 6.80. The van der Waals surface area contributed by atoms with Crippen molar-refractivity contribution in [3.63, 3.8) is 0 Å². The van der Waals surface area contributed by atoms with E-state index in [0.717, 1.165) is 10.8 Å². The molecule has 2 aromatic rings. The van der Waals surface area contributed by atoms with Crippen molar-refractivity contribution >= 4 is 11.8 Å². The number of hydrogen-bond acceptors (Lipinski definition) is 4. The maximum Gasteiger partial charge on any atom is 0.274 e. The number of carbonyl (C=O) groups excluding carboxylic acids is 2. The normalized spacial score (nSPS) is 17.8. The topological polar surface area (TPSA) is 91.6 Å². The highest BCUT2D eigenvalue weighted by atomic mass is 19.1. The number of alkyl halides is 1. The SMILES string of the molecule is CCCN1C[C@](CC)(CF)n2cc(C(=O)NCc3c(F)cc(F)cc3F)c(=O)c(O)c2C1=O. The molecule has 0 bridgehead atoms. The van der Waals surface area contributed by atoms with Crippen molar-refractivity contribution in [2.24, 2.45) is 0 Å². The van der Waals surface area contributed by atoms with Crippen LogP contribution >= 0.6 is 0 Å². The fraction of sp³-hybridized carbons (Fsp3) is 0.409. The van der Waals surface area contributed by atoms with Crippen molar-refractivity contribution in [2.45, 2.75) is 38.8 Å². The summed E-state index contributed by atoms with van der Waals surface area (Å²) in [5, 5.41) is 12.7. The zero-order valence-corrected chi connectivity index (χ0v) is 18.1. The Bertz CT molecular complexity index is 1140. The van der Waals surface area contributed by atoms with Gasteiger partial charge in [0.1, 0.15) is 29.7 Å². The van der Waals surface area contributed by atoms with Gasteiger partial charge < -0.3 is 19.9 Å². The molecule has 178 valence electrons. The average molecular weight is 469 g/mol. The molecule has 0 saturated heterocycles. The number of hydrogen-bond donors (Lipinski definition) is 2. The standard InChI is InChI=1S/C22H23F4N3O4/c1-3-5-28-11-22(4-2,10-23)29-9-14(18(30)19(31)17(29)21(28)33)20(32)27-8-13-15(25)6-12(24)7-16(13)26/h6-7,9,31H,3-5,8,10-11H2,1-2H3,(H,27,32)/t22-/m0/s1. The van der Waals surface area contributed by atoms with E-state index in [1.54, 1.807) is 6.92 Å². The summed E-state index contributed by atoms with van der Waals surface area (Å²) in [5.74, 6) is -6.41. The summed E-state index contributed by atoms with van der Waals surface area (Å²) in [4.78, 5) is 39.5. The first kappa shape index (κ1) is 24.3. The molecule has 11 heteroatoms. The van der Waals surface area contributed by atoms with E-state index in [2.05, 4.69) is 5.32 Å². The van der Waals surface area contributed by atoms with Gasteiger partial charge in [-0.1, -0.05) is 13.8 Å². The van der Waals surface area contributed by atoms with Crippen LogP contribution in [0.15, 0.2) is 23.1 Å². The van der Waals surface area contributed by atoms with Crippen LogP contribution in [-0.4, -0.2) is 46.2 Å². The lowest BCUT2D eigenvalue weighted by molar-refractivity contribution is 0.0467. The van der Waals surface area contributed by atoms with Crippen molar-refractivity contribution in [2.75, 3.05) is 19.8 Å². The van der Waals surface area contributed by atoms with E-state index in [1.165, 1.54) is 4.90 Å². The fourth-order valence-corrected chi connectivity index (χ4v) is 3.93. The zero-order valence-electron chi connectivity index (χ0n) is 18.1. The number of benzene rings is 1. The van der Waals surface area contributed by atoms with Crippen molar-refractivity contribution in [3.05, 3.63) is 62.8 Å². The number of halogens is 4. The monoisotopic (exact) mass is 469 g/mol. The van der Waals surface area contributed by atoms with Gasteiger partial charge in [-0.05, 0) is 12.8 Å². The van der Waals surface area contributed by atoms with Gasteiger partial charge in [-0.2, -0.15) is 0 Å². The van der Waals surface area contributed by atoms with Gasteiger partial charge in [0.2, 0.25) is 5.43 Å². The van der Waals surface area contributed by atoms with Crippen LogP contribution in [-0.2, 0) is 12.1 Å². The van der Waals surface area contributed by atoms with Gasteiger partial charge in [0, 0.05) is 43.5 Å². The maximum absolute atomic E-state index is 14.3. The molecule has 0 radical (unpaired) electrons. The molecule has 1 aromatic carbocycles.